The van der Waals surface area contributed by atoms with Crippen molar-refractivity contribution in [2.75, 3.05) is 0 Å². The molecule has 0 saturated heterocycles. The molecule has 4 aromatic carbocycles. The van der Waals surface area contributed by atoms with Gasteiger partial charge in [0.1, 0.15) is 0 Å². The fourth-order valence-corrected chi connectivity index (χ4v) is 8.60. The van der Waals surface area contributed by atoms with Crippen molar-refractivity contribution in [3.05, 3.63) is 218 Å². The molecule has 2 N–H and O–H groups in total. The molecule has 0 fully saturated rings. The molecule has 0 radical (unpaired) electrons. The molecule has 5 heterocycles. The third-order valence-corrected chi connectivity index (χ3v) is 11.4. The molecular formula is C44H16Cl4F10N4. The lowest BCUT2D eigenvalue weighted by Gasteiger charge is -2.14. The van der Waals surface area contributed by atoms with Crippen LogP contribution in [0.2, 0.25) is 20.1 Å². The van der Waals surface area contributed by atoms with E-state index in [0.29, 0.717) is 0 Å². The first-order chi connectivity index (χ1) is 29.6. The predicted octanol–water partition coefficient (Wildman–Crippen LogP) is 12.0. The molecule has 4 nitrogen and oxygen atoms in total. The highest BCUT2D eigenvalue weighted by molar-refractivity contribution is 6.39. The van der Waals surface area contributed by atoms with Crippen LogP contribution in [0.1, 0.15) is 33.5 Å². The Labute approximate surface area is 361 Å². The van der Waals surface area contributed by atoms with E-state index >= 15 is 35.1 Å². The number of aromatic nitrogens is 2. The molecule has 3 aliphatic rings. The monoisotopic (exact) mass is 930 g/mol. The summed E-state index contributed by atoms with van der Waals surface area (Å²) in [5.41, 5.74) is -4.59. The normalized spacial score (nSPS) is 14.8. The standard InChI is InChI=1S/C44H16Cl4F10N4/c45-17-3-1-4-18(46)29(17)27-15-11-25(59-13-15)32(34-37(51)41(55)44(58)42(56)38(34)52)26-12-16(14-60-26)28(30-19(47)5-2-6-20(30)48)22-8-10-24(62-22)31(23-9-7-21(27)61-23)33-35(49)39(53)43(57)40(54)36(33)50/h1-14,59,62H. The fourth-order valence-electron chi connectivity index (χ4n) is 7.42. The molecule has 62 heavy (non-hydrogen) atoms. The van der Waals surface area contributed by atoms with Gasteiger partial charge in [-0.3, -0.25) is 4.99 Å². The van der Waals surface area contributed by atoms with Crippen LogP contribution in [0.25, 0.3) is 22.3 Å². The zero-order chi connectivity index (χ0) is 44.0. The van der Waals surface area contributed by atoms with Gasteiger partial charge in [0.25, 0.3) is 0 Å². The van der Waals surface area contributed by atoms with Crippen molar-refractivity contribution in [1.82, 2.24) is 9.97 Å². The van der Waals surface area contributed by atoms with Crippen molar-refractivity contribution in [3.8, 4) is 0 Å². The summed E-state index contributed by atoms with van der Waals surface area (Å²) in [7, 11) is 0. The van der Waals surface area contributed by atoms with E-state index in [0.717, 1.165) is 0 Å². The van der Waals surface area contributed by atoms with E-state index in [-0.39, 0.29) is 87.0 Å². The highest BCUT2D eigenvalue weighted by atomic mass is 35.5. The van der Waals surface area contributed by atoms with Crippen LogP contribution in [-0.2, 0) is 0 Å². The Morgan fingerprint density at radius 1 is 0.468 bits per heavy atom. The molecular weight excluding hydrogens is 916 g/mol. The minimum absolute atomic E-state index is 0.0137. The van der Waals surface area contributed by atoms with Crippen LogP contribution < -0.4 is 10.7 Å². The smallest absolute Gasteiger partial charge is 0.200 e. The third kappa shape index (κ3) is 6.38. The Bertz CT molecular complexity index is 3260. The van der Waals surface area contributed by atoms with Crippen molar-refractivity contribution < 1.29 is 43.9 Å². The van der Waals surface area contributed by atoms with E-state index in [9.17, 15) is 8.78 Å². The van der Waals surface area contributed by atoms with Gasteiger partial charge in [0.05, 0.1) is 28.2 Å². The molecule has 8 bridgehead atoms. The second-order valence-electron chi connectivity index (χ2n) is 13.6. The van der Waals surface area contributed by atoms with Gasteiger partial charge in [-0.05, 0) is 60.7 Å². The highest BCUT2D eigenvalue weighted by Crippen LogP contribution is 2.44. The van der Waals surface area contributed by atoms with Gasteiger partial charge >= 0.3 is 0 Å². The Morgan fingerprint density at radius 2 is 0.935 bits per heavy atom. The van der Waals surface area contributed by atoms with E-state index in [1.165, 1.54) is 85.2 Å². The van der Waals surface area contributed by atoms with Crippen molar-refractivity contribution in [2.45, 2.75) is 0 Å². The number of hydrogen-bond acceptors (Lipinski definition) is 2. The summed E-state index contributed by atoms with van der Waals surface area (Å²) >= 11 is 26.7. The van der Waals surface area contributed by atoms with Crippen molar-refractivity contribution in [2.24, 2.45) is 9.98 Å². The van der Waals surface area contributed by atoms with E-state index in [4.69, 9.17) is 46.4 Å². The lowest BCUT2D eigenvalue weighted by Crippen LogP contribution is -2.22. The SMILES string of the molecule is Fc1c(F)c(F)c(C2=C3C=C(C=N3)C(c3c(Cl)cccc3Cl)=c3ccc([nH]3)=C(c3c(F)c(F)c(F)c(F)c3F)C3=NC(=C(c4c(Cl)cccc4Cl)c4c[nH]c2c4)C=C3)c(F)c1F. The van der Waals surface area contributed by atoms with Crippen LogP contribution in [0.15, 0.2) is 106 Å². The zero-order valence-electron chi connectivity index (χ0n) is 30.3. The first-order valence-corrected chi connectivity index (χ1v) is 19.2. The maximum absolute atomic E-state index is 15.9. The number of nitrogens with one attached hydrogen (secondary N) is 2. The van der Waals surface area contributed by atoms with Gasteiger partial charge in [-0.15, -0.1) is 0 Å². The summed E-state index contributed by atoms with van der Waals surface area (Å²) in [6, 6.07) is 12.6. The molecule has 0 unspecified atom stereocenters. The average Bonchev–Trinajstić information content (AvgIpc) is 4.10. The van der Waals surface area contributed by atoms with Crippen molar-refractivity contribution in [3.63, 3.8) is 0 Å². The topological polar surface area (TPSA) is 56.3 Å². The summed E-state index contributed by atoms with van der Waals surface area (Å²) in [5, 5.41) is -0.170. The minimum Gasteiger partial charge on any atom is -0.360 e. The van der Waals surface area contributed by atoms with Crippen LogP contribution in [0.4, 0.5) is 43.9 Å². The number of aromatic amines is 2. The summed E-state index contributed by atoms with van der Waals surface area (Å²) in [6.07, 6.45) is 6.18. The summed E-state index contributed by atoms with van der Waals surface area (Å²) in [4.78, 5) is 14.7. The van der Waals surface area contributed by atoms with Gasteiger partial charge in [0.2, 0.25) is 11.6 Å². The zero-order valence-corrected chi connectivity index (χ0v) is 33.3. The quantitative estimate of drug-likeness (QED) is 0.101. The molecule has 3 aliphatic heterocycles. The molecule has 0 amide bonds. The molecule has 0 aliphatic carbocycles. The Kier molecular flexibility index (Phi) is 10.2. The summed E-state index contributed by atoms with van der Waals surface area (Å²) in [5.74, 6) is -22.5. The Hall–Kier alpha value is -6.06. The molecule has 0 spiro atoms. The second-order valence-corrected chi connectivity index (χ2v) is 15.3. The van der Waals surface area contributed by atoms with Crippen molar-refractivity contribution in [1.29, 1.82) is 0 Å². The minimum atomic E-state index is -2.41. The number of hydrogen-bond donors (Lipinski definition) is 2. The number of nitrogens with zero attached hydrogens (tertiary/aromatic N) is 2. The lowest BCUT2D eigenvalue weighted by molar-refractivity contribution is 0.376. The number of rotatable bonds is 4. The van der Waals surface area contributed by atoms with Gasteiger partial charge in [0.15, 0.2) is 46.5 Å². The second kappa shape index (κ2) is 15.4. The molecule has 18 heteroatoms. The van der Waals surface area contributed by atoms with Gasteiger partial charge < -0.3 is 9.97 Å². The number of halogens is 14. The van der Waals surface area contributed by atoms with Crippen LogP contribution in [0.5, 0.6) is 0 Å². The Balaban J connectivity index is 1.51. The number of H-pyrrole nitrogens is 2. The van der Waals surface area contributed by atoms with Crippen molar-refractivity contribution >= 4 is 80.6 Å². The Morgan fingerprint density at radius 3 is 1.47 bits per heavy atom. The molecule has 310 valence electrons. The number of benzene rings is 4. The summed E-state index contributed by atoms with van der Waals surface area (Å²) < 4.78 is 152. The van der Waals surface area contributed by atoms with Crippen LogP contribution >= 0.6 is 46.4 Å². The average molecular weight is 932 g/mol. The molecule has 6 aromatic rings. The van der Waals surface area contributed by atoms with Gasteiger partial charge in [-0.1, -0.05) is 58.5 Å². The van der Waals surface area contributed by atoms with Crippen LogP contribution in [0, 0.1) is 58.2 Å². The molecule has 0 saturated carbocycles. The predicted molar refractivity (Wildman–Crippen MR) is 216 cm³/mol. The third-order valence-electron chi connectivity index (χ3n) is 10.1. The van der Waals surface area contributed by atoms with Crippen LogP contribution in [0.3, 0.4) is 0 Å². The van der Waals surface area contributed by atoms with Gasteiger partial charge in [0, 0.05) is 93.5 Å². The molecule has 2 aromatic heterocycles. The summed E-state index contributed by atoms with van der Waals surface area (Å²) in [6.45, 7) is 0. The van der Waals surface area contributed by atoms with Gasteiger partial charge in [-0.25, -0.2) is 48.9 Å². The number of aliphatic imine (C=N–C) groups is 2. The van der Waals surface area contributed by atoms with Crippen LogP contribution in [-0.4, -0.2) is 21.9 Å². The van der Waals surface area contributed by atoms with Gasteiger partial charge in [-0.2, -0.15) is 0 Å². The van der Waals surface area contributed by atoms with E-state index < -0.39 is 80.4 Å². The lowest BCUT2D eigenvalue weighted by atomic mass is 9.94. The molecule has 0 atom stereocenters. The number of fused-ring (bicyclic) bond motifs is 6. The van der Waals surface area contributed by atoms with E-state index in [1.807, 2.05) is 0 Å². The first kappa shape index (κ1) is 41.3. The first-order valence-electron chi connectivity index (χ1n) is 17.7. The maximum Gasteiger partial charge on any atom is 0.200 e. The largest absolute Gasteiger partial charge is 0.360 e. The van der Waals surface area contributed by atoms with E-state index in [2.05, 4.69) is 20.0 Å². The highest BCUT2D eigenvalue weighted by Gasteiger charge is 2.34. The maximum atomic E-state index is 15.9. The molecule has 9 rings (SSSR count). The fraction of sp³-hybridized carbons (Fsp3) is 0. The van der Waals surface area contributed by atoms with E-state index in [1.54, 1.807) is 0 Å². The number of allylic oxidation sites excluding steroid dienone is 4.